The van der Waals surface area contributed by atoms with Crippen molar-refractivity contribution in [3.05, 3.63) is 29.8 Å². The number of morpholine rings is 1. The molecule has 3 atom stereocenters. The summed E-state index contributed by atoms with van der Waals surface area (Å²) in [6, 6.07) is 8.24. The van der Waals surface area contributed by atoms with Crippen LogP contribution < -0.4 is 20.3 Å². The number of hydrogen-bond donors (Lipinski definition) is 3. The van der Waals surface area contributed by atoms with Gasteiger partial charge in [-0.1, -0.05) is 19.1 Å². The molecule has 180 valence electrons. The van der Waals surface area contributed by atoms with E-state index in [1.807, 2.05) is 31.3 Å². The van der Waals surface area contributed by atoms with Gasteiger partial charge in [0.1, 0.15) is 30.1 Å². The highest BCUT2D eigenvalue weighted by molar-refractivity contribution is 5.67. The molecule has 2 heterocycles. The summed E-state index contributed by atoms with van der Waals surface area (Å²) in [5.74, 6) is 4.00. The van der Waals surface area contributed by atoms with Gasteiger partial charge in [0, 0.05) is 36.8 Å². The van der Waals surface area contributed by atoms with Crippen molar-refractivity contribution in [3.63, 3.8) is 0 Å². The first kappa shape index (κ1) is 23.7. The summed E-state index contributed by atoms with van der Waals surface area (Å²) in [6.07, 6.45) is 3.03. The normalized spacial score (nSPS) is 21.8. The Bertz CT molecular complexity index is 919. The molecule has 8 nitrogen and oxygen atoms in total. The number of aliphatic hydroxyl groups excluding tert-OH is 1. The molecule has 1 aromatic carbocycles. The molecule has 1 aromatic heterocycles. The standard InChI is InChI=1S/C25H37N5O3/c1-17-7-8-20(13-17)27-23-18(2)25(30-9-11-32-12-10-30)29-24(28-23)19-5-4-6-22(14-19)33-16-21(31)15-26-3/h4-6,14,17,20-21,26,31H,7-13,15-16H2,1-3H3,(H,27,28,29)/t17-,20-,21?/m1/s1. The maximum absolute atomic E-state index is 9.96. The van der Waals surface area contributed by atoms with Crippen molar-refractivity contribution >= 4 is 11.6 Å². The quantitative estimate of drug-likeness (QED) is 0.532. The third-order valence-corrected chi connectivity index (χ3v) is 6.44. The molecule has 0 radical (unpaired) electrons. The van der Waals surface area contributed by atoms with Crippen LogP contribution in [-0.4, -0.2) is 73.7 Å². The minimum Gasteiger partial charge on any atom is -0.491 e. The first-order valence-electron chi connectivity index (χ1n) is 12.1. The summed E-state index contributed by atoms with van der Waals surface area (Å²) in [5, 5.41) is 16.6. The van der Waals surface area contributed by atoms with Gasteiger partial charge in [-0.3, -0.25) is 0 Å². The molecule has 8 heteroatoms. The second kappa shape index (κ2) is 11.1. The van der Waals surface area contributed by atoms with Crippen LogP contribution in [0.1, 0.15) is 31.7 Å². The molecule has 2 aliphatic rings. The minimum absolute atomic E-state index is 0.227. The topological polar surface area (TPSA) is 91.8 Å². The van der Waals surface area contributed by atoms with Gasteiger partial charge in [-0.05, 0) is 51.3 Å². The summed E-state index contributed by atoms with van der Waals surface area (Å²) >= 11 is 0. The van der Waals surface area contributed by atoms with Gasteiger partial charge in [-0.25, -0.2) is 9.97 Å². The molecule has 33 heavy (non-hydrogen) atoms. The molecule has 4 rings (SSSR count). The minimum atomic E-state index is -0.563. The maximum Gasteiger partial charge on any atom is 0.164 e. The number of nitrogens with one attached hydrogen (secondary N) is 2. The lowest BCUT2D eigenvalue weighted by molar-refractivity contribution is 0.108. The molecule has 1 aliphatic carbocycles. The summed E-state index contributed by atoms with van der Waals surface area (Å²) in [7, 11) is 1.81. The van der Waals surface area contributed by atoms with Gasteiger partial charge in [0.15, 0.2) is 5.82 Å². The zero-order valence-corrected chi connectivity index (χ0v) is 20.0. The Morgan fingerprint density at radius 2 is 2.06 bits per heavy atom. The fourth-order valence-corrected chi connectivity index (χ4v) is 4.60. The van der Waals surface area contributed by atoms with Crippen LogP contribution in [0, 0.1) is 12.8 Å². The maximum atomic E-state index is 9.96. The Balaban J connectivity index is 1.62. The SMILES string of the molecule is CNCC(O)COc1cccc(-c2nc(N[C@@H]3CC[C@@H](C)C3)c(C)c(N3CCOCC3)n2)c1. The van der Waals surface area contributed by atoms with E-state index in [0.29, 0.717) is 37.4 Å². The fraction of sp³-hybridized carbons (Fsp3) is 0.600. The van der Waals surface area contributed by atoms with Gasteiger partial charge in [0.2, 0.25) is 0 Å². The summed E-state index contributed by atoms with van der Waals surface area (Å²) < 4.78 is 11.4. The molecule has 0 spiro atoms. The van der Waals surface area contributed by atoms with Gasteiger partial charge >= 0.3 is 0 Å². The summed E-state index contributed by atoms with van der Waals surface area (Å²) in [5.41, 5.74) is 1.98. The van der Waals surface area contributed by atoms with Crippen LogP contribution >= 0.6 is 0 Å². The third-order valence-electron chi connectivity index (χ3n) is 6.44. The number of ether oxygens (including phenoxy) is 2. The number of nitrogens with zero attached hydrogens (tertiary/aromatic N) is 3. The van der Waals surface area contributed by atoms with E-state index in [1.165, 1.54) is 19.3 Å². The predicted molar refractivity (Wildman–Crippen MR) is 131 cm³/mol. The van der Waals surface area contributed by atoms with Crippen molar-refractivity contribution in [1.82, 2.24) is 15.3 Å². The fourth-order valence-electron chi connectivity index (χ4n) is 4.60. The number of likely N-dealkylation sites (N-methyl/N-ethyl adjacent to an activating group) is 1. The molecule has 0 bridgehead atoms. The molecule has 1 aliphatic heterocycles. The molecule has 1 unspecified atom stereocenters. The number of benzene rings is 1. The largest absolute Gasteiger partial charge is 0.491 e. The Morgan fingerprint density at radius 3 is 2.79 bits per heavy atom. The molecule has 1 saturated heterocycles. The first-order chi connectivity index (χ1) is 16.0. The first-order valence-corrected chi connectivity index (χ1v) is 12.1. The van der Waals surface area contributed by atoms with E-state index in [-0.39, 0.29) is 6.61 Å². The smallest absolute Gasteiger partial charge is 0.164 e. The van der Waals surface area contributed by atoms with E-state index < -0.39 is 6.10 Å². The Hall–Kier alpha value is -2.42. The average molecular weight is 456 g/mol. The van der Waals surface area contributed by atoms with Crippen molar-refractivity contribution in [2.24, 2.45) is 5.92 Å². The lowest BCUT2D eigenvalue weighted by Crippen LogP contribution is -2.37. The lowest BCUT2D eigenvalue weighted by atomic mass is 10.1. The number of hydrogen-bond acceptors (Lipinski definition) is 8. The number of rotatable bonds is 9. The van der Waals surface area contributed by atoms with Gasteiger partial charge in [0.25, 0.3) is 0 Å². The monoisotopic (exact) mass is 455 g/mol. The number of aromatic nitrogens is 2. The predicted octanol–water partition coefficient (Wildman–Crippen LogP) is 2.85. The van der Waals surface area contributed by atoms with E-state index in [9.17, 15) is 5.11 Å². The van der Waals surface area contributed by atoms with Crippen LogP contribution in [0.2, 0.25) is 0 Å². The number of aliphatic hydroxyl groups is 1. The highest BCUT2D eigenvalue weighted by atomic mass is 16.5. The van der Waals surface area contributed by atoms with Crippen LogP contribution in [0.3, 0.4) is 0 Å². The zero-order valence-electron chi connectivity index (χ0n) is 20.0. The molecular formula is C25H37N5O3. The van der Waals surface area contributed by atoms with Crippen LogP contribution in [-0.2, 0) is 4.74 Å². The molecular weight excluding hydrogens is 418 g/mol. The van der Waals surface area contributed by atoms with Gasteiger partial charge in [-0.2, -0.15) is 0 Å². The van der Waals surface area contributed by atoms with Crippen molar-refractivity contribution < 1.29 is 14.6 Å². The highest BCUT2D eigenvalue weighted by Crippen LogP contribution is 2.33. The molecule has 1 saturated carbocycles. The van der Waals surface area contributed by atoms with E-state index >= 15 is 0 Å². The third kappa shape index (κ3) is 6.13. The van der Waals surface area contributed by atoms with E-state index in [1.54, 1.807) is 0 Å². The molecule has 0 amide bonds. The Morgan fingerprint density at radius 1 is 1.24 bits per heavy atom. The van der Waals surface area contributed by atoms with Crippen LogP contribution in [0.5, 0.6) is 5.75 Å². The molecule has 3 N–H and O–H groups in total. The Kier molecular flexibility index (Phi) is 8.01. The van der Waals surface area contributed by atoms with Crippen molar-refractivity contribution in [2.75, 3.05) is 56.7 Å². The van der Waals surface area contributed by atoms with Gasteiger partial charge in [0.05, 0.1) is 13.2 Å². The Labute approximate surface area is 196 Å². The van der Waals surface area contributed by atoms with Crippen LogP contribution in [0.15, 0.2) is 24.3 Å². The van der Waals surface area contributed by atoms with Crippen molar-refractivity contribution in [1.29, 1.82) is 0 Å². The zero-order chi connectivity index (χ0) is 23.2. The molecule has 2 fully saturated rings. The van der Waals surface area contributed by atoms with Crippen LogP contribution in [0.25, 0.3) is 11.4 Å². The lowest BCUT2D eigenvalue weighted by Gasteiger charge is -2.30. The second-order valence-electron chi connectivity index (χ2n) is 9.25. The summed E-state index contributed by atoms with van der Waals surface area (Å²) in [6.45, 7) is 8.20. The number of anilines is 2. The van der Waals surface area contributed by atoms with Crippen LogP contribution in [0.4, 0.5) is 11.6 Å². The van der Waals surface area contributed by atoms with E-state index in [2.05, 4.69) is 29.4 Å². The van der Waals surface area contributed by atoms with Crippen molar-refractivity contribution in [3.8, 4) is 17.1 Å². The van der Waals surface area contributed by atoms with E-state index in [4.69, 9.17) is 19.4 Å². The summed E-state index contributed by atoms with van der Waals surface area (Å²) in [4.78, 5) is 12.2. The highest BCUT2D eigenvalue weighted by Gasteiger charge is 2.25. The van der Waals surface area contributed by atoms with Gasteiger partial charge in [-0.15, -0.1) is 0 Å². The van der Waals surface area contributed by atoms with Crippen molar-refractivity contribution in [2.45, 2.75) is 45.3 Å². The average Bonchev–Trinajstić information content (AvgIpc) is 3.24. The second-order valence-corrected chi connectivity index (χ2v) is 9.25. The van der Waals surface area contributed by atoms with Gasteiger partial charge < -0.3 is 30.1 Å². The van der Waals surface area contributed by atoms with E-state index in [0.717, 1.165) is 41.8 Å². The molecule has 2 aromatic rings.